The minimum Gasteiger partial charge on any atom is -0.465 e. The molecule has 1 saturated carbocycles. The number of anilines is 1. The van der Waals surface area contributed by atoms with Gasteiger partial charge in [0, 0.05) is 37.2 Å². The Morgan fingerprint density at radius 2 is 1.91 bits per heavy atom. The summed E-state index contributed by atoms with van der Waals surface area (Å²) in [5, 5.41) is 9.83. The number of likely N-dealkylation sites (tertiary alicyclic amines) is 1. The molecule has 6 rings (SSSR count). The molecule has 1 aromatic heterocycles. The first-order chi connectivity index (χ1) is 15.4. The highest BCUT2D eigenvalue weighted by Crippen LogP contribution is 2.55. The number of imidazole rings is 1. The third-order valence-corrected chi connectivity index (χ3v) is 7.85. The van der Waals surface area contributed by atoms with Crippen molar-refractivity contribution in [1.82, 2.24) is 14.5 Å². The second-order valence-corrected chi connectivity index (χ2v) is 10.3. The normalized spacial score (nSPS) is 22.6. The molecule has 1 aliphatic carbocycles. The van der Waals surface area contributed by atoms with E-state index in [9.17, 15) is 9.90 Å². The Kier molecular flexibility index (Phi) is 4.37. The lowest BCUT2D eigenvalue weighted by atomic mass is 9.60. The van der Waals surface area contributed by atoms with Gasteiger partial charge in [-0.1, -0.05) is 30.3 Å². The Bertz CT molecular complexity index is 1190. The fourth-order valence-electron chi connectivity index (χ4n) is 6.53. The minimum absolute atomic E-state index is 0.00887. The van der Waals surface area contributed by atoms with Gasteiger partial charge in [0.2, 0.25) is 0 Å². The molecule has 1 atom stereocenters. The van der Waals surface area contributed by atoms with Crippen molar-refractivity contribution in [2.45, 2.75) is 51.1 Å². The van der Waals surface area contributed by atoms with Crippen molar-refractivity contribution >= 4 is 22.8 Å². The molecule has 32 heavy (non-hydrogen) atoms. The fraction of sp³-hybridized carbons (Fsp3) is 0.462. The molecular formula is C26H30N4O2. The zero-order valence-corrected chi connectivity index (χ0v) is 18.8. The van der Waals surface area contributed by atoms with Crippen molar-refractivity contribution in [3.63, 3.8) is 0 Å². The van der Waals surface area contributed by atoms with Crippen LogP contribution in [0.25, 0.3) is 11.0 Å². The highest BCUT2D eigenvalue weighted by atomic mass is 16.4. The fourth-order valence-corrected chi connectivity index (χ4v) is 6.53. The number of fused-ring (bicyclic) bond motifs is 3. The molecule has 1 spiro atoms. The number of amides is 1. The van der Waals surface area contributed by atoms with Crippen molar-refractivity contribution in [2.75, 3.05) is 25.0 Å². The predicted octanol–water partition coefficient (Wildman–Crippen LogP) is 4.71. The Morgan fingerprint density at radius 3 is 2.59 bits per heavy atom. The number of rotatable bonds is 3. The van der Waals surface area contributed by atoms with E-state index in [1.165, 1.54) is 41.9 Å². The number of carbonyl (C=O) groups is 1. The Labute approximate surface area is 188 Å². The lowest BCUT2D eigenvalue weighted by molar-refractivity contribution is -0.0752. The maximum atomic E-state index is 12.0. The van der Waals surface area contributed by atoms with Crippen molar-refractivity contribution in [1.29, 1.82) is 0 Å². The SMILES string of the molecule is C[C@H]1CCc2c(ccc3c2nc(Cc2ccccc2)n3C2CC3(C2)CN(C)C3)N1C(=O)O. The van der Waals surface area contributed by atoms with E-state index < -0.39 is 6.09 Å². The molecule has 0 unspecified atom stereocenters. The number of nitrogens with zero attached hydrogens (tertiary/aromatic N) is 4. The maximum absolute atomic E-state index is 12.0. The number of carboxylic acid groups (broad SMARTS) is 1. The van der Waals surface area contributed by atoms with E-state index in [4.69, 9.17) is 4.98 Å². The van der Waals surface area contributed by atoms with Gasteiger partial charge < -0.3 is 14.6 Å². The first-order valence-electron chi connectivity index (χ1n) is 11.7. The molecular weight excluding hydrogens is 400 g/mol. The number of aromatic nitrogens is 2. The van der Waals surface area contributed by atoms with Gasteiger partial charge in [-0.15, -0.1) is 0 Å². The zero-order chi connectivity index (χ0) is 22.0. The summed E-state index contributed by atoms with van der Waals surface area (Å²) in [4.78, 5) is 21.1. The second kappa shape index (κ2) is 7.07. The summed E-state index contributed by atoms with van der Waals surface area (Å²) < 4.78 is 2.48. The second-order valence-electron chi connectivity index (χ2n) is 10.3. The molecule has 2 aliphatic heterocycles. The van der Waals surface area contributed by atoms with Crippen LogP contribution in [0.2, 0.25) is 0 Å². The standard InChI is InChI=1S/C26H30N4O2/c1-17-8-9-20-21(29(17)25(31)32)10-11-22-24(20)27-23(12-18-6-4-3-5-7-18)30(22)19-13-26(14-19)15-28(2)16-26/h3-7,10-11,17,19H,8-9,12-16H2,1-2H3,(H,31,32)/t17-/m0/s1. The van der Waals surface area contributed by atoms with Crippen molar-refractivity contribution in [3.05, 3.63) is 59.4 Å². The molecule has 166 valence electrons. The molecule has 0 radical (unpaired) electrons. The molecule has 6 nitrogen and oxygen atoms in total. The topological polar surface area (TPSA) is 61.6 Å². The average molecular weight is 431 g/mol. The molecule has 1 amide bonds. The minimum atomic E-state index is -0.878. The van der Waals surface area contributed by atoms with Crippen molar-refractivity contribution in [3.8, 4) is 0 Å². The summed E-state index contributed by atoms with van der Waals surface area (Å²) in [5.41, 5.74) is 5.82. The number of aryl methyl sites for hydroxylation is 1. The lowest BCUT2D eigenvalue weighted by Crippen LogP contribution is -2.60. The van der Waals surface area contributed by atoms with Gasteiger partial charge in [0.1, 0.15) is 5.82 Å². The maximum Gasteiger partial charge on any atom is 0.412 e. The quantitative estimate of drug-likeness (QED) is 0.654. The molecule has 0 bridgehead atoms. The zero-order valence-electron chi connectivity index (χ0n) is 18.8. The van der Waals surface area contributed by atoms with Crippen molar-refractivity contribution in [2.24, 2.45) is 5.41 Å². The number of benzene rings is 2. The largest absolute Gasteiger partial charge is 0.465 e. The third-order valence-electron chi connectivity index (χ3n) is 7.85. The van der Waals surface area contributed by atoms with Crippen molar-refractivity contribution < 1.29 is 9.90 Å². The van der Waals surface area contributed by atoms with Gasteiger partial charge in [0.05, 0.1) is 16.7 Å². The van der Waals surface area contributed by atoms with Crippen LogP contribution in [0.4, 0.5) is 10.5 Å². The Morgan fingerprint density at radius 1 is 1.16 bits per heavy atom. The third kappa shape index (κ3) is 2.96. The molecule has 6 heteroatoms. The van der Waals surface area contributed by atoms with Gasteiger partial charge >= 0.3 is 6.09 Å². The molecule has 3 heterocycles. The van der Waals surface area contributed by atoms with Gasteiger partial charge in [-0.05, 0) is 62.8 Å². The first kappa shape index (κ1) is 19.8. The summed E-state index contributed by atoms with van der Waals surface area (Å²) >= 11 is 0. The van der Waals surface area contributed by atoms with E-state index in [0.29, 0.717) is 11.5 Å². The summed E-state index contributed by atoms with van der Waals surface area (Å²) in [6.45, 7) is 4.39. The van der Waals surface area contributed by atoms with Crippen LogP contribution in [0.15, 0.2) is 42.5 Å². The molecule has 3 aliphatic rings. The van der Waals surface area contributed by atoms with Crippen LogP contribution >= 0.6 is 0 Å². The Hall–Kier alpha value is -2.86. The van der Waals surface area contributed by atoms with Gasteiger partial charge in [0.15, 0.2) is 0 Å². The van der Waals surface area contributed by atoms with E-state index in [1.807, 2.05) is 19.1 Å². The molecule has 2 aromatic carbocycles. The summed E-state index contributed by atoms with van der Waals surface area (Å²) in [6.07, 6.45) is 4.04. The smallest absolute Gasteiger partial charge is 0.412 e. The van der Waals surface area contributed by atoms with E-state index in [1.54, 1.807) is 0 Å². The molecule has 2 fully saturated rings. The number of hydrogen-bond donors (Lipinski definition) is 1. The van der Waals surface area contributed by atoms with Crippen LogP contribution < -0.4 is 4.90 Å². The van der Waals surface area contributed by atoms with Crippen LogP contribution in [-0.2, 0) is 12.8 Å². The van der Waals surface area contributed by atoms with Crippen LogP contribution in [-0.4, -0.2) is 51.8 Å². The van der Waals surface area contributed by atoms with Gasteiger partial charge in [-0.3, -0.25) is 4.90 Å². The molecule has 1 N–H and O–H groups in total. The predicted molar refractivity (Wildman–Crippen MR) is 125 cm³/mol. The van der Waals surface area contributed by atoms with Gasteiger partial charge in [-0.25, -0.2) is 9.78 Å². The van der Waals surface area contributed by atoms with Gasteiger partial charge in [-0.2, -0.15) is 0 Å². The van der Waals surface area contributed by atoms with Crippen LogP contribution in [0.3, 0.4) is 0 Å². The van der Waals surface area contributed by atoms with E-state index in [-0.39, 0.29) is 6.04 Å². The molecule has 3 aromatic rings. The summed E-state index contributed by atoms with van der Waals surface area (Å²) in [5.74, 6) is 1.10. The number of hydrogen-bond acceptors (Lipinski definition) is 3. The van der Waals surface area contributed by atoms with E-state index >= 15 is 0 Å². The molecule has 1 saturated heterocycles. The van der Waals surface area contributed by atoms with Gasteiger partial charge in [0.25, 0.3) is 0 Å². The van der Waals surface area contributed by atoms with Crippen LogP contribution in [0, 0.1) is 5.41 Å². The average Bonchev–Trinajstić information content (AvgIpc) is 3.07. The lowest BCUT2D eigenvalue weighted by Gasteiger charge is -2.58. The highest BCUT2D eigenvalue weighted by molar-refractivity contribution is 5.94. The Balaban J connectivity index is 1.45. The first-order valence-corrected chi connectivity index (χ1v) is 11.7. The summed E-state index contributed by atoms with van der Waals surface area (Å²) in [6, 6.07) is 15.1. The van der Waals surface area contributed by atoms with E-state index in [2.05, 4.69) is 46.8 Å². The van der Waals surface area contributed by atoms with Crippen LogP contribution in [0.1, 0.15) is 49.2 Å². The highest BCUT2D eigenvalue weighted by Gasteiger charge is 2.52. The summed E-state index contributed by atoms with van der Waals surface area (Å²) in [7, 11) is 2.20. The monoisotopic (exact) mass is 430 g/mol. The van der Waals surface area contributed by atoms with E-state index in [0.717, 1.165) is 41.9 Å². The van der Waals surface area contributed by atoms with Crippen LogP contribution in [0.5, 0.6) is 0 Å².